The summed E-state index contributed by atoms with van der Waals surface area (Å²) in [7, 11) is 0. The minimum Gasteiger partial charge on any atom is -0.481 e. The smallest absolute Gasteiger partial charge is 0.317 e. The molecule has 2 unspecified atom stereocenters. The quantitative estimate of drug-likeness (QED) is 0.834. The van der Waals surface area contributed by atoms with Gasteiger partial charge in [0.05, 0.1) is 5.92 Å². The third-order valence-electron chi connectivity index (χ3n) is 4.11. The largest absolute Gasteiger partial charge is 0.481 e. The number of urea groups is 1. The number of carboxylic acid groups (broad SMARTS) is 1. The summed E-state index contributed by atoms with van der Waals surface area (Å²) in [6.45, 7) is 0.959. The van der Waals surface area contributed by atoms with Gasteiger partial charge in [-0.25, -0.2) is 13.6 Å². The fraction of sp³-hybridized carbons (Fsp3) is 0.846. The van der Waals surface area contributed by atoms with Gasteiger partial charge in [0.1, 0.15) is 0 Å². The Labute approximate surface area is 116 Å². The van der Waals surface area contributed by atoms with Crippen LogP contribution in [-0.2, 0) is 4.79 Å². The van der Waals surface area contributed by atoms with E-state index in [-0.39, 0.29) is 37.9 Å². The van der Waals surface area contributed by atoms with E-state index in [1.807, 2.05) is 0 Å². The van der Waals surface area contributed by atoms with Crippen molar-refractivity contribution in [3.05, 3.63) is 0 Å². The summed E-state index contributed by atoms with van der Waals surface area (Å²) in [5.41, 5.74) is 0. The molecule has 1 saturated heterocycles. The Morgan fingerprint density at radius 3 is 2.70 bits per heavy atom. The summed E-state index contributed by atoms with van der Waals surface area (Å²) >= 11 is 0. The van der Waals surface area contributed by atoms with Crippen LogP contribution < -0.4 is 5.32 Å². The number of carbonyl (C=O) groups is 2. The number of nitrogens with one attached hydrogen (secondary N) is 1. The maximum Gasteiger partial charge on any atom is 0.317 e. The summed E-state index contributed by atoms with van der Waals surface area (Å²) in [6.07, 6.45) is 1.37. The molecule has 0 aromatic rings. The van der Waals surface area contributed by atoms with Crippen LogP contribution in [0, 0.1) is 11.8 Å². The van der Waals surface area contributed by atoms with E-state index >= 15 is 0 Å². The molecule has 0 aromatic heterocycles. The van der Waals surface area contributed by atoms with E-state index in [2.05, 4.69) is 5.32 Å². The molecule has 2 rings (SSSR count). The van der Waals surface area contributed by atoms with E-state index in [1.54, 1.807) is 0 Å². The average molecular weight is 290 g/mol. The molecule has 20 heavy (non-hydrogen) atoms. The number of likely N-dealkylation sites (tertiary alicyclic amines) is 1. The van der Waals surface area contributed by atoms with E-state index in [9.17, 15) is 18.4 Å². The van der Waals surface area contributed by atoms with Crippen LogP contribution in [0.1, 0.15) is 32.1 Å². The molecule has 0 aromatic carbocycles. The van der Waals surface area contributed by atoms with Crippen LogP contribution in [0.4, 0.5) is 13.6 Å². The summed E-state index contributed by atoms with van der Waals surface area (Å²) in [6, 6.07) is -0.342. The first-order valence-corrected chi connectivity index (χ1v) is 7.01. The normalized spacial score (nSPS) is 29.2. The summed E-state index contributed by atoms with van der Waals surface area (Å²) in [5, 5.41) is 11.6. The van der Waals surface area contributed by atoms with Crippen LogP contribution in [-0.4, -0.2) is 47.6 Å². The van der Waals surface area contributed by atoms with Crippen molar-refractivity contribution >= 4 is 12.0 Å². The zero-order chi connectivity index (χ0) is 14.8. The van der Waals surface area contributed by atoms with Gasteiger partial charge in [0.15, 0.2) is 0 Å². The molecule has 114 valence electrons. The monoisotopic (exact) mass is 290 g/mol. The molecule has 0 spiro atoms. The molecule has 1 aliphatic carbocycles. The van der Waals surface area contributed by atoms with Crippen molar-refractivity contribution in [2.24, 2.45) is 11.8 Å². The average Bonchev–Trinajstić information content (AvgIpc) is 2.75. The van der Waals surface area contributed by atoms with Gasteiger partial charge in [-0.1, -0.05) is 0 Å². The maximum absolute atomic E-state index is 13.0. The number of hydrogen-bond donors (Lipinski definition) is 2. The number of piperidine rings is 1. The molecule has 2 aliphatic rings. The van der Waals surface area contributed by atoms with E-state index in [1.165, 1.54) is 4.90 Å². The second-order valence-electron chi connectivity index (χ2n) is 5.77. The second-order valence-corrected chi connectivity index (χ2v) is 5.77. The first-order valence-electron chi connectivity index (χ1n) is 7.01. The fourth-order valence-electron chi connectivity index (χ4n) is 2.92. The van der Waals surface area contributed by atoms with Crippen molar-refractivity contribution in [2.75, 3.05) is 19.6 Å². The number of rotatable bonds is 3. The number of carboxylic acids is 1. The van der Waals surface area contributed by atoms with E-state index in [0.717, 1.165) is 0 Å². The highest BCUT2D eigenvalue weighted by Gasteiger charge is 2.39. The number of hydrogen-bond acceptors (Lipinski definition) is 2. The van der Waals surface area contributed by atoms with Crippen molar-refractivity contribution in [3.8, 4) is 0 Å². The molecule has 2 N–H and O–H groups in total. The van der Waals surface area contributed by atoms with Crippen molar-refractivity contribution in [3.63, 3.8) is 0 Å². The van der Waals surface area contributed by atoms with Crippen LogP contribution >= 0.6 is 0 Å². The highest BCUT2D eigenvalue weighted by atomic mass is 19.3. The first kappa shape index (κ1) is 15.0. The molecule has 1 saturated carbocycles. The lowest BCUT2D eigenvalue weighted by atomic mass is 9.99. The molecular formula is C13H20F2N2O3. The molecule has 2 amide bonds. The number of halogens is 2. The van der Waals surface area contributed by atoms with Crippen molar-refractivity contribution in [1.82, 2.24) is 10.2 Å². The lowest BCUT2D eigenvalue weighted by molar-refractivity contribution is -0.143. The molecule has 1 heterocycles. The topological polar surface area (TPSA) is 69.6 Å². The highest BCUT2D eigenvalue weighted by Crippen LogP contribution is 2.38. The molecule has 0 bridgehead atoms. The maximum atomic E-state index is 13.0. The third-order valence-corrected chi connectivity index (χ3v) is 4.11. The standard InChI is InChI=1S/C13H20F2N2O3/c14-13(15)4-3-9(6-13)7-16-12(20)17-5-1-2-10(8-17)11(18)19/h9-10H,1-8H2,(H,16,20)(H,18,19). The molecule has 2 fully saturated rings. The summed E-state index contributed by atoms with van der Waals surface area (Å²) in [5.74, 6) is -4.20. The Balaban J connectivity index is 1.76. The Morgan fingerprint density at radius 2 is 2.10 bits per heavy atom. The summed E-state index contributed by atoms with van der Waals surface area (Å²) < 4.78 is 26.1. The Hall–Kier alpha value is -1.40. The van der Waals surface area contributed by atoms with Gasteiger partial charge < -0.3 is 15.3 Å². The van der Waals surface area contributed by atoms with Gasteiger partial charge in [-0.15, -0.1) is 0 Å². The predicted octanol–water partition coefficient (Wildman–Crippen LogP) is 1.93. The number of nitrogens with zero attached hydrogens (tertiary/aromatic N) is 1. The highest BCUT2D eigenvalue weighted by molar-refractivity contribution is 5.76. The van der Waals surface area contributed by atoms with Crippen LogP contribution in [0.5, 0.6) is 0 Å². The molecule has 1 aliphatic heterocycles. The van der Waals surface area contributed by atoms with Gasteiger partial charge in [-0.3, -0.25) is 4.79 Å². The molecule has 7 heteroatoms. The van der Waals surface area contributed by atoms with Crippen molar-refractivity contribution in [1.29, 1.82) is 0 Å². The van der Waals surface area contributed by atoms with E-state index < -0.39 is 17.8 Å². The van der Waals surface area contributed by atoms with Crippen LogP contribution in [0.2, 0.25) is 0 Å². The Bertz CT molecular complexity index is 390. The molecule has 5 nitrogen and oxygen atoms in total. The Morgan fingerprint density at radius 1 is 1.35 bits per heavy atom. The van der Waals surface area contributed by atoms with Crippen LogP contribution in [0.15, 0.2) is 0 Å². The minimum atomic E-state index is -2.60. The Kier molecular flexibility index (Phi) is 4.45. The van der Waals surface area contributed by atoms with E-state index in [4.69, 9.17) is 5.11 Å². The lowest BCUT2D eigenvalue weighted by Crippen LogP contribution is -2.47. The van der Waals surface area contributed by atoms with Gasteiger partial charge in [0.2, 0.25) is 5.92 Å². The van der Waals surface area contributed by atoms with Gasteiger partial charge in [-0.05, 0) is 25.2 Å². The van der Waals surface area contributed by atoms with Gasteiger partial charge >= 0.3 is 12.0 Å². The predicted molar refractivity (Wildman–Crippen MR) is 67.6 cm³/mol. The molecule has 2 atom stereocenters. The van der Waals surface area contributed by atoms with Crippen molar-refractivity contribution < 1.29 is 23.5 Å². The summed E-state index contributed by atoms with van der Waals surface area (Å²) in [4.78, 5) is 24.3. The number of carbonyl (C=O) groups excluding carboxylic acids is 1. The van der Waals surface area contributed by atoms with Gasteiger partial charge in [-0.2, -0.15) is 0 Å². The number of amides is 2. The second kappa shape index (κ2) is 5.93. The minimum absolute atomic E-state index is 0.113. The van der Waals surface area contributed by atoms with Crippen molar-refractivity contribution in [2.45, 2.75) is 38.0 Å². The zero-order valence-corrected chi connectivity index (χ0v) is 11.3. The third kappa shape index (κ3) is 3.80. The van der Waals surface area contributed by atoms with Crippen LogP contribution in [0.3, 0.4) is 0 Å². The lowest BCUT2D eigenvalue weighted by Gasteiger charge is -2.31. The van der Waals surface area contributed by atoms with E-state index in [0.29, 0.717) is 25.8 Å². The fourth-order valence-corrected chi connectivity index (χ4v) is 2.92. The van der Waals surface area contributed by atoms with Crippen LogP contribution in [0.25, 0.3) is 0 Å². The SMILES string of the molecule is O=C(O)C1CCCN(C(=O)NCC2CCC(F)(F)C2)C1. The first-order chi connectivity index (χ1) is 9.37. The number of alkyl halides is 2. The molecular weight excluding hydrogens is 270 g/mol. The number of aliphatic carboxylic acids is 1. The van der Waals surface area contributed by atoms with Gasteiger partial charge in [0, 0.05) is 32.5 Å². The van der Waals surface area contributed by atoms with Gasteiger partial charge in [0.25, 0.3) is 0 Å². The zero-order valence-electron chi connectivity index (χ0n) is 11.3. The molecule has 0 radical (unpaired) electrons.